The zero-order valence-corrected chi connectivity index (χ0v) is 15.9. The summed E-state index contributed by atoms with van der Waals surface area (Å²) in [5.74, 6) is -0.488. The number of benzene rings is 2. The van der Waals surface area contributed by atoms with Gasteiger partial charge >= 0.3 is 5.97 Å². The summed E-state index contributed by atoms with van der Waals surface area (Å²) in [6.45, 7) is 5.96. The molecular weight excluding hydrogens is 340 g/mol. The van der Waals surface area contributed by atoms with Crippen molar-refractivity contribution in [1.29, 1.82) is 0 Å². The average Bonchev–Trinajstić information content (AvgIpc) is 3.03. The fourth-order valence-electron chi connectivity index (χ4n) is 2.93. The van der Waals surface area contributed by atoms with Crippen LogP contribution in [0, 0.1) is 0 Å². The molecule has 0 fully saturated rings. The highest BCUT2D eigenvalue weighted by Gasteiger charge is 2.10. The zero-order chi connectivity index (χ0) is 19.4. The number of hydrogen-bond donors (Lipinski definition) is 1. The van der Waals surface area contributed by atoms with Gasteiger partial charge in [0.15, 0.2) is 0 Å². The summed E-state index contributed by atoms with van der Waals surface area (Å²) >= 11 is 0. The van der Waals surface area contributed by atoms with Gasteiger partial charge in [-0.3, -0.25) is 4.79 Å². The highest BCUT2D eigenvalue weighted by atomic mass is 16.5. The number of aromatic nitrogens is 1. The average molecular weight is 364 g/mol. The van der Waals surface area contributed by atoms with Gasteiger partial charge in [-0.1, -0.05) is 13.0 Å². The summed E-state index contributed by atoms with van der Waals surface area (Å²) in [7, 11) is 0. The SMILES string of the molecule is CCc1ccc2c(ccn2CC(=O)Nc2ccc(C(=O)OC(C)C)cc2)c1. The van der Waals surface area contributed by atoms with E-state index in [9.17, 15) is 9.59 Å². The quantitative estimate of drug-likeness (QED) is 0.659. The number of amides is 1. The van der Waals surface area contributed by atoms with Crippen LogP contribution in [0.15, 0.2) is 54.7 Å². The minimum atomic E-state index is -0.367. The van der Waals surface area contributed by atoms with Gasteiger partial charge in [0.1, 0.15) is 6.54 Å². The number of ether oxygens (including phenoxy) is 1. The molecule has 0 radical (unpaired) electrons. The number of nitrogens with one attached hydrogen (secondary N) is 1. The van der Waals surface area contributed by atoms with Crippen molar-refractivity contribution < 1.29 is 14.3 Å². The zero-order valence-electron chi connectivity index (χ0n) is 15.9. The molecule has 2 aromatic carbocycles. The number of aryl methyl sites for hydroxylation is 1. The van der Waals surface area contributed by atoms with Crippen molar-refractivity contribution >= 4 is 28.5 Å². The highest BCUT2D eigenvalue weighted by molar-refractivity contribution is 5.94. The maximum atomic E-state index is 12.4. The van der Waals surface area contributed by atoms with Crippen LogP contribution in [0.3, 0.4) is 0 Å². The molecule has 1 heterocycles. The Labute approximate surface area is 158 Å². The smallest absolute Gasteiger partial charge is 0.338 e. The van der Waals surface area contributed by atoms with Gasteiger partial charge in [-0.25, -0.2) is 4.79 Å². The number of nitrogens with zero attached hydrogens (tertiary/aromatic N) is 1. The first-order valence-electron chi connectivity index (χ1n) is 9.15. The molecule has 0 bridgehead atoms. The summed E-state index contributed by atoms with van der Waals surface area (Å²) in [6, 6.07) is 15.0. The lowest BCUT2D eigenvalue weighted by molar-refractivity contribution is -0.116. The summed E-state index contributed by atoms with van der Waals surface area (Å²) in [6.07, 6.45) is 2.75. The predicted octanol–water partition coefficient (Wildman–Crippen LogP) is 4.41. The molecule has 0 unspecified atom stereocenters. The van der Waals surface area contributed by atoms with Gasteiger partial charge in [-0.05, 0) is 73.7 Å². The van der Waals surface area contributed by atoms with Crippen molar-refractivity contribution in [3.8, 4) is 0 Å². The molecule has 3 rings (SSSR count). The van der Waals surface area contributed by atoms with E-state index in [1.54, 1.807) is 38.1 Å². The van der Waals surface area contributed by atoms with Gasteiger partial charge in [-0.15, -0.1) is 0 Å². The maximum Gasteiger partial charge on any atom is 0.338 e. The lowest BCUT2D eigenvalue weighted by atomic mass is 10.1. The van der Waals surface area contributed by atoms with Crippen LogP contribution in [0.5, 0.6) is 0 Å². The van der Waals surface area contributed by atoms with Gasteiger partial charge < -0.3 is 14.6 Å². The fourth-order valence-corrected chi connectivity index (χ4v) is 2.93. The Hall–Kier alpha value is -3.08. The normalized spacial score (nSPS) is 11.0. The molecule has 1 N–H and O–H groups in total. The Bertz CT molecular complexity index is 955. The predicted molar refractivity (Wildman–Crippen MR) is 107 cm³/mol. The van der Waals surface area contributed by atoms with Crippen molar-refractivity contribution in [1.82, 2.24) is 4.57 Å². The van der Waals surface area contributed by atoms with Gasteiger partial charge in [-0.2, -0.15) is 0 Å². The Morgan fingerprint density at radius 1 is 1.07 bits per heavy atom. The van der Waals surface area contributed by atoms with Crippen LogP contribution in [0.2, 0.25) is 0 Å². The minimum absolute atomic E-state index is 0.121. The Balaban J connectivity index is 1.65. The molecule has 5 nitrogen and oxygen atoms in total. The summed E-state index contributed by atoms with van der Waals surface area (Å²) in [5, 5.41) is 4.00. The first kappa shape index (κ1) is 18.7. The molecule has 0 atom stereocenters. The second-order valence-corrected chi connectivity index (χ2v) is 6.77. The number of esters is 1. The lowest BCUT2D eigenvalue weighted by Crippen LogP contribution is -2.18. The maximum absolute atomic E-state index is 12.4. The van der Waals surface area contributed by atoms with Crippen molar-refractivity contribution in [3.63, 3.8) is 0 Å². The number of rotatable bonds is 6. The molecule has 27 heavy (non-hydrogen) atoms. The monoisotopic (exact) mass is 364 g/mol. The number of hydrogen-bond acceptors (Lipinski definition) is 3. The number of anilines is 1. The number of carbonyl (C=O) groups is 2. The van der Waals surface area contributed by atoms with E-state index in [0.717, 1.165) is 17.3 Å². The number of carbonyl (C=O) groups excluding carboxylic acids is 2. The lowest BCUT2D eigenvalue weighted by Gasteiger charge is -2.10. The second kappa shape index (κ2) is 8.08. The van der Waals surface area contributed by atoms with Crippen molar-refractivity contribution in [2.75, 3.05) is 5.32 Å². The highest BCUT2D eigenvalue weighted by Crippen LogP contribution is 2.18. The van der Waals surface area contributed by atoms with E-state index in [4.69, 9.17) is 4.74 Å². The first-order chi connectivity index (χ1) is 13.0. The van der Waals surface area contributed by atoms with Crippen molar-refractivity contribution in [3.05, 3.63) is 65.9 Å². The summed E-state index contributed by atoms with van der Waals surface area (Å²) in [4.78, 5) is 24.2. The Morgan fingerprint density at radius 3 is 2.48 bits per heavy atom. The molecule has 3 aromatic rings. The van der Waals surface area contributed by atoms with E-state index in [0.29, 0.717) is 11.3 Å². The van der Waals surface area contributed by atoms with Crippen LogP contribution in [0.4, 0.5) is 5.69 Å². The molecule has 1 aromatic heterocycles. The topological polar surface area (TPSA) is 60.3 Å². The summed E-state index contributed by atoms with van der Waals surface area (Å²) in [5.41, 5.74) is 3.42. The third kappa shape index (κ3) is 4.56. The molecule has 0 aliphatic carbocycles. The van der Waals surface area contributed by atoms with Crippen LogP contribution in [-0.2, 0) is 22.5 Å². The van der Waals surface area contributed by atoms with Crippen LogP contribution < -0.4 is 5.32 Å². The van der Waals surface area contributed by atoms with Gasteiger partial charge in [0, 0.05) is 17.4 Å². The summed E-state index contributed by atoms with van der Waals surface area (Å²) < 4.78 is 7.08. The molecule has 5 heteroatoms. The van der Waals surface area contributed by atoms with Gasteiger partial charge in [0.2, 0.25) is 5.91 Å². The molecule has 140 valence electrons. The van der Waals surface area contributed by atoms with Crippen LogP contribution in [0.1, 0.15) is 36.7 Å². The van der Waals surface area contributed by atoms with E-state index < -0.39 is 0 Å². The molecule has 0 saturated heterocycles. The third-order valence-corrected chi connectivity index (χ3v) is 4.30. The molecule has 0 aliphatic rings. The van der Waals surface area contributed by atoms with E-state index in [2.05, 4.69) is 30.4 Å². The minimum Gasteiger partial charge on any atom is -0.459 e. The van der Waals surface area contributed by atoms with Crippen molar-refractivity contribution in [2.45, 2.75) is 39.8 Å². The molecule has 0 aliphatic heterocycles. The molecule has 0 saturated carbocycles. The fraction of sp³-hybridized carbons (Fsp3) is 0.273. The van der Waals surface area contributed by atoms with Gasteiger partial charge in [0.05, 0.1) is 11.7 Å². The second-order valence-electron chi connectivity index (χ2n) is 6.77. The molecule has 0 spiro atoms. The van der Waals surface area contributed by atoms with Crippen LogP contribution in [0.25, 0.3) is 10.9 Å². The van der Waals surface area contributed by atoms with Crippen LogP contribution >= 0.6 is 0 Å². The van der Waals surface area contributed by atoms with Gasteiger partial charge in [0.25, 0.3) is 0 Å². The van der Waals surface area contributed by atoms with E-state index in [-0.39, 0.29) is 24.5 Å². The molecular formula is C22H24N2O3. The van der Waals surface area contributed by atoms with E-state index >= 15 is 0 Å². The first-order valence-corrected chi connectivity index (χ1v) is 9.15. The van der Waals surface area contributed by atoms with E-state index in [1.807, 2.05) is 16.8 Å². The van der Waals surface area contributed by atoms with Crippen LogP contribution in [-0.4, -0.2) is 22.5 Å². The standard InChI is InChI=1S/C22H24N2O3/c1-4-16-5-10-20-18(13-16)11-12-24(20)14-21(25)23-19-8-6-17(7-9-19)22(26)27-15(2)3/h5-13,15H,4,14H2,1-3H3,(H,23,25). The Kier molecular flexibility index (Phi) is 5.60. The number of fused-ring (bicyclic) bond motifs is 1. The Morgan fingerprint density at radius 2 is 1.81 bits per heavy atom. The van der Waals surface area contributed by atoms with E-state index in [1.165, 1.54) is 5.56 Å². The van der Waals surface area contributed by atoms with Crippen molar-refractivity contribution in [2.24, 2.45) is 0 Å². The largest absolute Gasteiger partial charge is 0.459 e. The molecule has 1 amide bonds. The third-order valence-electron chi connectivity index (χ3n) is 4.30.